The van der Waals surface area contributed by atoms with Gasteiger partial charge in [0.15, 0.2) is 11.6 Å². The Kier molecular flexibility index (Phi) is 5.97. The third-order valence-electron chi connectivity index (χ3n) is 7.69. The molecule has 3 heterocycles. The minimum atomic E-state index is -1.50. The van der Waals surface area contributed by atoms with Crippen LogP contribution in [0.15, 0.2) is 36.4 Å². The minimum absolute atomic E-state index is 0.0839. The maximum atomic E-state index is 14.4. The van der Waals surface area contributed by atoms with E-state index in [9.17, 15) is 32.3 Å². The van der Waals surface area contributed by atoms with Crippen LogP contribution in [0.25, 0.3) is 10.9 Å². The van der Waals surface area contributed by atoms with Crippen molar-refractivity contribution in [3.63, 3.8) is 0 Å². The molecule has 1 aromatic heterocycles. The van der Waals surface area contributed by atoms with Crippen LogP contribution in [0.2, 0.25) is 0 Å². The van der Waals surface area contributed by atoms with E-state index in [0.29, 0.717) is 11.3 Å². The van der Waals surface area contributed by atoms with Gasteiger partial charge in [-0.2, -0.15) is 0 Å². The topological polar surface area (TPSA) is 129 Å². The number of likely N-dealkylation sites (tertiary alicyclic amines) is 1. The predicted molar refractivity (Wildman–Crippen MR) is 140 cm³/mol. The van der Waals surface area contributed by atoms with E-state index in [0.717, 1.165) is 9.80 Å². The second-order valence-electron chi connectivity index (χ2n) is 10.7. The molecule has 0 radical (unpaired) electrons. The summed E-state index contributed by atoms with van der Waals surface area (Å²) in [5, 5.41) is 2.12. The van der Waals surface area contributed by atoms with Crippen molar-refractivity contribution in [2.45, 2.75) is 44.2 Å². The summed E-state index contributed by atoms with van der Waals surface area (Å²) in [6.45, 7) is 3.33. The minimum Gasteiger partial charge on any atom is -0.368 e. The Bertz CT molecular complexity index is 1680. The number of rotatable bonds is 6. The van der Waals surface area contributed by atoms with Gasteiger partial charge in [-0.05, 0) is 36.4 Å². The Balaban J connectivity index is 1.53. The zero-order chi connectivity index (χ0) is 30.8. The first-order valence-corrected chi connectivity index (χ1v) is 12.6. The van der Waals surface area contributed by atoms with Gasteiger partial charge in [0.05, 0.1) is 13.7 Å². The number of fused-ring (bicyclic) bond motifs is 3. The molecule has 9 nitrogen and oxygen atoms in total. The van der Waals surface area contributed by atoms with Crippen molar-refractivity contribution < 1.29 is 35.1 Å². The SMILES string of the molecule is [2H]c1ccc2c(c1)C1(CC(C(N)=O)N(C(=O)[C@H](CC(C)C)N(C)C(=O)c3[nH]c4c(F)c(F)cc(F)c4c3[2H])C1)C(=O)N2. The van der Waals surface area contributed by atoms with Gasteiger partial charge in [-0.15, -0.1) is 0 Å². The van der Waals surface area contributed by atoms with Crippen molar-refractivity contribution in [1.82, 2.24) is 14.8 Å². The number of nitrogens with zero attached hydrogens (tertiary/aromatic N) is 2. The number of carbonyl (C=O) groups is 4. The Hall–Kier alpha value is -4.35. The molecule has 2 aromatic carbocycles. The fourth-order valence-electron chi connectivity index (χ4n) is 5.65. The molecular weight excluding hydrogens is 527 g/mol. The van der Waals surface area contributed by atoms with Crippen molar-refractivity contribution in [3.8, 4) is 0 Å². The van der Waals surface area contributed by atoms with E-state index in [-0.39, 0.29) is 37.4 Å². The molecule has 5 rings (SSSR count). The van der Waals surface area contributed by atoms with Crippen LogP contribution in [0.1, 0.15) is 45.5 Å². The fourth-order valence-corrected chi connectivity index (χ4v) is 5.65. The summed E-state index contributed by atoms with van der Waals surface area (Å²) in [5.41, 5.74) is 3.99. The van der Waals surface area contributed by atoms with Crippen LogP contribution in [0.4, 0.5) is 18.9 Å². The molecule has 4 N–H and O–H groups in total. The van der Waals surface area contributed by atoms with Gasteiger partial charge >= 0.3 is 0 Å². The summed E-state index contributed by atoms with van der Waals surface area (Å²) in [6.07, 6.45) is -0.0496. The zero-order valence-corrected chi connectivity index (χ0v) is 21.9. The number of amides is 4. The normalized spacial score (nSPS) is 21.4. The predicted octanol–water partition coefficient (Wildman–Crippen LogP) is 3.05. The molecule has 2 aliphatic heterocycles. The summed E-state index contributed by atoms with van der Waals surface area (Å²) in [4.78, 5) is 58.0. The van der Waals surface area contributed by atoms with E-state index < -0.39 is 81.2 Å². The van der Waals surface area contributed by atoms with Crippen molar-refractivity contribution >= 4 is 40.2 Å². The molecule has 2 aliphatic rings. The van der Waals surface area contributed by atoms with E-state index >= 15 is 0 Å². The van der Waals surface area contributed by atoms with Crippen LogP contribution in [-0.4, -0.2) is 64.1 Å². The van der Waals surface area contributed by atoms with Gasteiger partial charge in [-0.3, -0.25) is 19.2 Å². The number of anilines is 1. The Labute approximate surface area is 230 Å². The maximum Gasteiger partial charge on any atom is 0.270 e. The average Bonchev–Trinajstić information content (AvgIpc) is 3.58. The van der Waals surface area contributed by atoms with E-state index in [1.807, 2.05) is 0 Å². The Morgan fingerprint density at radius 1 is 1.25 bits per heavy atom. The molecule has 2 unspecified atom stereocenters. The lowest BCUT2D eigenvalue weighted by atomic mass is 9.79. The number of hydrogen-bond acceptors (Lipinski definition) is 4. The monoisotopic (exact) mass is 557 g/mol. The average molecular weight is 558 g/mol. The molecule has 1 spiro atoms. The third kappa shape index (κ3) is 4.18. The summed E-state index contributed by atoms with van der Waals surface area (Å²) in [6, 6.07) is 1.80. The standard InChI is InChI=1S/C28H28F3N5O4/c1-13(2)8-20(35(3)25(38)19-9-14-16(29)10-17(30)22(31)23(14)33-19)26(39)36-12-28(11-21(36)24(32)37)15-6-4-5-7-18(15)34-27(28)40/h4-7,9-10,13,20-21,33H,8,11-12H2,1-3H3,(H2,32,37)(H,34,40)/t20-,21?,28?/m0/s1/i4D,9D. The van der Waals surface area contributed by atoms with E-state index in [1.54, 1.807) is 19.9 Å². The number of hydrogen-bond donors (Lipinski definition) is 3. The van der Waals surface area contributed by atoms with Crippen LogP contribution >= 0.6 is 0 Å². The van der Waals surface area contributed by atoms with Crippen molar-refractivity contribution in [3.05, 3.63) is 65.1 Å². The molecule has 4 amide bonds. The molecule has 1 saturated heterocycles. The van der Waals surface area contributed by atoms with Crippen LogP contribution in [0, 0.1) is 23.4 Å². The lowest BCUT2D eigenvalue weighted by molar-refractivity contribution is -0.141. The lowest BCUT2D eigenvalue weighted by Gasteiger charge is -2.33. The van der Waals surface area contributed by atoms with Gasteiger partial charge in [-0.1, -0.05) is 32.0 Å². The first-order chi connectivity index (χ1) is 19.7. The lowest BCUT2D eigenvalue weighted by Crippen LogP contribution is -2.54. The molecule has 1 fully saturated rings. The highest BCUT2D eigenvalue weighted by Gasteiger charge is 2.57. The van der Waals surface area contributed by atoms with Crippen molar-refractivity contribution in [1.29, 1.82) is 0 Å². The smallest absolute Gasteiger partial charge is 0.270 e. The van der Waals surface area contributed by atoms with Gasteiger partial charge in [0.1, 0.15) is 23.6 Å². The van der Waals surface area contributed by atoms with E-state index in [2.05, 4.69) is 10.3 Å². The van der Waals surface area contributed by atoms with Crippen LogP contribution in [0.5, 0.6) is 0 Å². The summed E-state index contributed by atoms with van der Waals surface area (Å²) in [7, 11) is 1.26. The molecule has 210 valence electrons. The number of benzene rings is 2. The highest BCUT2D eigenvalue weighted by atomic mass is 19.2. The van der Waals surface area contributed by atoms with Gasteiger partial charge in [0.25, 0.3) is 5.91 Å². The molecule has 0 saturated carbocycles. The van der Waals surface area contributed by atoms with Crippen LogP contribution in [-0.2, 0) is 19.8 Å². The second-order valence-corrected chi connectivity index (χ2v) is 10.7. The molecule has 3 aromatic rings. The zero-order valence-electron chi connectivity index (χ0n) is 23.9. The maximum absolute atomic E-state index is 14.4. The second kappa shape index (κ2) is 9.68. The number of aromatic amines is 1. The molecule has 3 atom stereocenters. The highest BCUT2D eigenvalue weighted by molar-refractivity contribution is 6.08. The van der Waals surface area contributed by atoms with Gasteiger partial charge in [0.2, 0.25) is 17.7 Å². The number of halogens is 3. The summed E-state index contributed by atoms with van der Waals surface area (Å²) in [5.74, 6) is -7.36. The quantitative estimate of drug-likeness (QED) is 0.403. The van der Waals surface area contributed by atoms with Gasteiger partial charge in [-0.25, -0.2) is 13.2 Å². The Morgan fingerprint density at radius 2 is 1.98 bits per heavy atom. The first-order valence-electron chi connectivity index (χ1n) is 13.6. The fraction of sp³-hybridized carbons (Fsp3) is 0.357. The van der Waals surface area contributed by atoms with Crippen molar-refractivity contribution in [2.24, 2.45) is 11.7 Å². The number of primary amides is 1. The van der Waals surface area contributed by atoms with Gasteiger partial charge in [0, 0.05) is 30.7 Å². The molecule has 12 heteroatoms. The first kappa shape index (κ1) is 24.7. The summed E-state index contributed by atoms with van der Waals surface area (Å²) >= 11 is 0. The van der Waals surface area contributed by atoms with E-state index in [4.69, 9.17) is 8.48 Å². The number of H-pyrrole nitrogens is 1. The number of nitrogens with one attached hydrogen (secondary N) is 2. The molecule has 0 aliphatic carbocycles. The largest absolute Gasteiger partial charge is 0.368 e. The summed E-state index contributed by atoms with van der Waals surface area (Å²) < 4.78 is 59.0. The van der Waals surface area contributed by atoms with Crippen molar-refractivity contribution in [2.75, 3.05) is 18.9 Å². The highest BCUT2D eigenvalue weighted by Crippen LogP contribution is 2.46. The number of para-hydroxylation sites is 1. The Morgan fingerprint density at radius 3 is 2.65 bits per heavy atom. The molecule has 40 heavy (non-hydrogen) atoms. The number of aromatic nitrogens is 1. The number of likely N-dealkylation sites (N-methyl/N-ethyl adjacent to an activating group) is 1. The van der Waals surface area contributed by atoms with Gasteiger partial charge < -0.3 is 25.8 Å². The van der Waals surface area contributed by atoms with Crippen LogP contribution in [0.3, 0.4) is 0 Å². The molecular formula is C28H28F3N5O4. The van der Waals surface area contributed by atoms with Crippen LogP contribution < -0.4 is 11.1 Å². The number of carbonyl (C=O) groups excluding carboxylic acids is 4. The number of nitrogens with two attached hydrogens (primary N) is 1. The van der Waals surface area contributed by atoms with E-state index in [1.165, 1.54) is 19.2 Å². The molecule has 0 bridgehead atoms. The third-order valence-corrected chi connectivity index (χ3v) is 7.69.